The lowest BCUT2D eigenvalue weighted by Gasteiger charge is -2.23. The highest BCUT2D eigenvalue weighted by molar-refractivity contribution is 9.10. The topological polar surface area (TPSA) is 63.5 Å². The van der Waals surface area contributed by atoms with E-state index in [1.807, 2.05) is 39.8 Å². The van der Waals surface area contributed by atoms with E-state index in [2.05, 4.69) is 33.5 Å². The summed E-state index contributed by atoms with van der Waals surface area (Å²) in [4.78, 5) is 11.7. The molecule has 1 aromatic rings. The zero-order valence-corrected chi connectivity index (χ0v) is 14.9. The molecule has 2 N–H and O–H groups in total. The first kappa shape index (κ1) is 18.0. The van der Waals surface area contributed by atoms with Crippen LogP contribution in [0.5, 0.6) is 0 Å². The summed E-state index contributed by atoms with van der Waals surface area (Å²) in [6.07, 6.45) is 0.498. The van der Waals surface area contributed by atoms with Gasteiger partial charge in [-0.05, 0) is 62.2 Å². The molecule has 0 radical (unpaired) electrons. The lowest BCUT2D eigenvalue weighted by atomic mass is 10.1. The smallest absolute Gasteiger partial charge is 0.407 e. The highest BCUT2D eigenvalue weighted by Crippen LogP contribution is 2.20. The van der Waals surface area contributed by atoms with E-state index in [1.54, 1.807) is 0 Å². The molecule has 0 aliphatic heterocycles. The van der Waals surface area contributed by atoms with Crippen molar-refractivity contribution in [2.24, 2.45) is 0 Å². The number of hydrogen-bond donors (Lipinski definition) is 2. The third-order valence-electron chi connectivity index (χ3n) is 2.89. The number of amides is 1. The van der Waals surface area contributed by atoms with E-state index < -0.39 is 11.7 Å². The number of furan rings is 1. The average Bonchev–Trinajstić information content (AvgIpc) is 2.79. The fraction of sp³-hybridized carbons (Fsp3) is 0.667. The summed E-state index contributed by atoms with van der Waals surface area (Å²) in [5, 5.41) is 6.22. The average molecular weight is 361 g/mol. The van der Waals surface area contributed by atoms with E-state index in [-0.39, 0.29) is 12.1 Å². The largest absolute Gasteiger partial charge is 0.453 e. The van der Waals surface area contributed by atoms with Crippen molar-refractivity contribution in [1.82, 2.24) is 10.6 Å². The molecule has 5 nitrogen and oxygen atoms in total. The zero-order valence-electron chi connectivity index (χ0n) is 13.3. The second kappa shape index (κ2) is 7.84. The van der Waals surface area contributed by atoms with Gasteiger partial charge in [-0.1, -0.05) is 6.92 Å². The second-order valence-electron chi connectivity index (χ2n) is 6.02. The SMILES string of the molecule is CCC(CNC(=O)OC(C)(C)C)NC(C)c1ccc(Br)o1. The molecule has 21 heavy (non-hydrogen) atoms. The zero-order chi connectivity index (χ0) is 16.0. The monoisotopic (exact) mass is 360 g/mol. The minimum absolute atomic E-state index is 0.0710. The Kier molecular flexibility index (Phi) is 6.74. The van der Waals surface area contributed by atoms with Gasteiger partial charge in [0.1, 0.15) is 11.4 Å². The Hall–Kier alpha value is -1.01. The number of rotatable bonds is 6. The molecule has 0 aliphatic rings. The third-order valence-corrected chi connectivity index (χ3v) is 3.32. The van der Waals surface area contributed by atoms with Crippen LogP contribution in [0.2, 0.25) is 0 Å². The molecule has 120 valence electrons. The Morgan fingerprint density at radius 2 is 2.10 bits per heavy atom. The van der Waals surface area contributed by atoms with Gasteiger partial charge in [-0.25, -0.2) is 4.79 Å². The number of halogens is 1. The molecule has 1 amide bonds. The number of carbonyl (C=O) groups is 1. The molecule has 0 spiro atoms. The molecule has 0 saturated carbocycles. The van der Waals surface area contributed by atoms with Crippen LogP contribution in [0.25, 0.3) is 0 Å². The first-order chi connectivity index (χ1) is 9.71. The lowest BCUT2D eigenvalue weighted by Crippen LogP contribution is -2.43. The van der Waals surface area contributed by atoms with Gasteiger partial charge in [-0.15, -0.1) is 0 Å². The molecule has 0 aliphatic carbocycles. The summed E-state index contributed by atoms with van der Waals surface area (Å²) < 4.78 is 11.5. The van der Waals surface area contributed by atoms with Gasteiger partial charge in [0.2, 0.25) is 0 Å². The second-order valence-corrected chi connectivity index (χ2v) is 6.80. The Morgan fingerprint density at radius 1 is 1.43 bits per heavy atom. The molecule has 0 fully saturated rings. The van der Waals surface area contributed by atoms with Crippen molar-refractivity contribution >= 4 is 22.0 Å². The van der Waals surface area contributed by atoms with Crippen molar-refractivity contribution in [2.45, 2.75) is 58.7 Å². The predicted octanol–water partition coefficient (Wildman–Crippen LogP) is 4.00. The number of ether oxygens (including phenoxy) is 1. The Bertz CT molecular complexity index is 454. The van der Waals surface area contributed by atoms with Crippen molar-refractivity contribution in [1.29, 1.82) is 0 Å². The maximum absolute atomic E-state index is 11.7. The molecule has 6 heteroatoms. The Balaban J connectivity index is 2.43. The van der Waals surface area contributed by atoms with E-state index in [0.29, 0.717) is 11.2 Å². The minimum Gasteiger partial charge on any atom is -0.453 e. The number of nitrogens with one attached hydrogen (secondary N) is 2. The molecule has 1 rings (SSSR count). The maximum Gasteiger partial charge on any atom is 0.407 e. The van der Waals surface area contributed by atoms with E-state index in [4.69, 9.17) is 9.15 Å². The van der Waals surface area contributed by atoms with Gasteiger partial charge in [-0.3, -0.25) is 0 Å². The molecule has 0 aromatic carbocycles. The van der Waals surface area contributed by atoms with Gasteiger partial charge in [0, 0.05) is 12.6 Å². The predicted molar refractivity (Wildman–Crippen MR) is 86.3 cm³/mol. The van der Waals surface area contributed by atoms with Crippen LogP contribution in [0.15, 0.2) is 21.2 Å². The van der Waals surface area contributed by atoms with Crippen molar-refractivity contribution in [3.63, 3.8) is 0 Å². The Morgan fingerprint density at radius 3 is 2.57 bits per heavy atom. The molecule has 0 bridgehead atoms. The highest BCUT2D eigenvalue weighted by atomic mass is 79.9. The van der Waals surface area contributed by atoms with Crippen LogP contribution in [0.3, 0.4) is 0 Å². The summed E-state index contributed by atoms with van der Waals surface area (Å²) in [5.41, 5.74) is -0.479. The van der Waals surface area contributed by atoms with Gasteiger partial charge in [0.25, 0.3) is 0 Å². The summed E-state index contributed by atoms with van der Waals surface area (Å²) >= 11 is 3.29. The molecule has 1 heterocycles. The van der Waals surface area contributed by atoms with E-state index in [9.17, 15) is 4.79 Å². The van der Waals surface area contributed by atoms with Crippen molar-refractivity contribution < 1.29 is 13.9 Å². The molecular formula is C15H25BrN2O3. The van der Waals surface area contributed by atoms with Gasteiger partial charge >= 0.3 is 6.09 Å². The summed E-state index contributed by atoms with van der Waals surface area (Å²) in [6.45, 7) is 10.1. The quantitative estimate of drug-likeness (QED) is 0.804. The number of carbonyl (C=O) groups excluding carboxylic acids is 1. The van der Waals surface area contributed by atoms with E-state index in [1.165, 1.54) is 0 Å². The van der Waals surface area contributed by atoms with Crippen LogP contribution in [0, 0.1) is 0 Å². The maximum atomic E-state index is 11.7. The summed E-state index contributed by atoms with van der Waals surface area (Å²) in [6, 6.07) is 4.02. The normalized spacial score (nSPS) is 14.6. The third kappa shape index (κ3) is 7.00. The fourth-order valence-corrected chi connectivity index (χ4v) is 2.16. The number of alkyl carbamates (subject to hydrolysis) is 1. The standard InChI is InChI=1S/C15H25BrN2O3/c1-6-11(9-17-14(19)21-15(3,4)5)18-10(2)12-7-8-13(16)20-12/h7-8,10-11,18H,6,9H2,1-5H3,(H,17,19). The van der Waals surface area contributed by atoms with Crippen LogP contribution in [0.4, 0.5) is 4.79 Å². The van der Waals surface area contributed by atoms with Gasteiger partial charge in [-0.2, -0.15) is 0 Å². The molecule has 1 aromatic heterocycles. The summed E-state index contributed by atoms with van der Waals surface area (Å²) in [7, 11) is 0. The first-order valence-corrected chi connectivity index (χ1v) is 7.98. The Labute approximate surface area is 134 Å². The highest BCUT2D eigenvalue weighted by Gasteiger charge is 2.18. The van der Waals surface area contributed by atoms with Gasteiger partial charge in [0.05, 0.1) is 6.04 Å². The van der Waals surface area contributed by atoms with Gasteiger partial charge < -0.3 is 19.8 Å². The fourth-order valence-electron chi connectivity index (χ4n) is 1.84. The van der Waals surface area contributed by atoms with Crippen LogP contribution < -0.4 is 10.6 Å². The van der Waals surface area contributed by atoms with Crippen LogP contribution in [-0.2, 0) is 4.74 Å². The van der Waals surface area contributed by atoms with Crippen LogP contribution >= 0.6 is 15.9 Å². The summed E-state index contributed by atoms with van der Waals surface area (Å²) in [5.74, 6) is 0.859. The van der Waals surface area contributed by atoms with Crippen LogP contribution in [-0.4, -0.2) is 24.3 Å². The van der Waals surface area contributed by atoms with E-state index >= 15 is 0 Å². The van der Waals surface area contributed by atoms with E-state index in [0.717, 1.165) is 12.2 Å². The van der Waals surface area contributed by atoms with Gasteiger partial charge in [0.15, 0.2) is 4.67 Å². The molecular weight excluding hydrogens is 336 g/mol. The minimum atomic E-state index is -0.479. The molecule has 2 atom stereocenters. The lowest BCUT2D eigenvalue weighted by molar-refractivity contribution is 0.0521. The molecule has 2 unspecified atom stereocenters. The molecule has 0 saturated heterocycles. The van der Waals surface area contributed by atoms with Crippen molar-refractivity contribution in [3.05, 3.63) is 22.6 Å². The number of hydrogen-bond acceptors (Lipinski definition) is 4. The van der Waals surface area contributed by atoms with Crippen molar-refractivity contribution in [2.75, 3.05) is 6.54 Å². The first-order valence-electron chi connectivity index (χ1n) is 7.19. The van der Waals surface area contributed by atoms with Crippen molar-refractivity contribution in [3.8, 4) is 0 Å². The van der Waals surface area contributed by atoms with Crippen LogP contribution in [0.1, 0.15) is 52.8 Å².